The lowest BCUT2D eigenvalue weighted by molar-refractivity contribution is -0.131. The summed E-state index contributed by atoms with van der Waals surface area (Å²) >= 11 is 6.97. The van der Waals surface area contributed by atoms with Gasteiger partial charge in [0.15, 0.2) is 0 Å². The van der Waals surface area contributed by atoms with Crippen LogP contribution in [0.5, 0.6) is 0 Å². The molecular weight excluding hydrogens is 612 g/mol. The van der Waals surface area contributed by atoms with Crippen molar-refractivity contribution in [3.63, 3.8) is 0 Å². The van der Waals surface area contributed by atoms with E-state index in [0.29, 0.717) is 19.4 Å². The number of alkyl halides is 1. The second-order valence-corrected chi connectivity index (χ2v) is 11.9. The summed E-state index contributed by atoms with van der Waals surface area (Å²) in [6.45, 7) is 0.253. The van der Waals surface area contributed by atoms with Crippen LogP contribution in [-0.2, 0) is 23.9 Å². The van der Waals surface area contributed by atoms with E-state index in [4.69, 9.17) is 28.8 Å². The largest absolute Gasteiger partial charge is 0.368 e. The third-order valence-corrected chi connectivity index (χ3v) is 9.11. The molecule has 0 bridgehead atoms. The minimum Gasteiger partial charge on any atom is -0.368 e. The summed E-state index contributed by atoms with van der Waals surface area (Å²) < 4.78 is -0.739. The Hall–Kier alpha value is -3.90. The minimum absolute atomic E-state index is 0.132. The molecule has 0 aliphatic rings. The topological polar surface area (TPSA) is 182 Å². The molecule has 0 heterocycles. The average molecular weight is 653 g/mol. The van der Waals surface area contributed by atoms with Gasteiger partial charge in [-0.3, -0.25) is 19.2 Å². The second kappa shape index (κ2) is 18.2. The molecule has 0 radical (unpaired) electrons. The monoisotopic (exact) mass is 652 g/mol. The fourth-order valence-electron chi connectivity index (χ4n) is 4.85. The van der Waals surface area contributed by atoms with Crippen molar-refractivity contribution < 1.29 is 19.2 Å². The molecule has 0 spiro atoms. The summed E-state index contributed by atoms with van der Waals surface area (Å²) in [5.41, 5.74) is 20.4. The summed E-state index contributed by atoms with van der Waals surface area (Å²) in [5.74, 6) is -2.55. The Morgan fingerprint density at radius 2 is 1.24 bits per heavy atom. The number of carbonyl (C=O) groups excluding carboxylic acids is 4. The van der Waals surface area contributed by atoms with E-state index in [1.165, 1.54) is 11.8 Å². The summed E-state index contributed by atoms with van der Waals surface area (Å²) in [6, 6.07) is 26.6. The summed E-state index contributed by atoms with van der Waals surface area (Å²) in [6.07, 6.45) is 1.43. The standard InChI is InChI=1S/C33H41ClN6O4S/c34-20-29(41)38-21-26(36)31(43)39-27(18-10-11-19-35)32(44)40-28(30(37)42)22-45-33(23-12-4-1-5-13-23,24-14-6-2-7-15-24)25-16-8-3-9-17-25/h1-9,12-17,26-28H,10-11,18-22,35-36H2,(H2,37,42)(H,38,41)(H,39,43)(H,40,44)/t26-,27-,28-/m0/s1. The lowest BCUT2D eigenvalue weighted by Crippen LogP contribution is -2.57. The predicted octanol–water partition coefficient (Wildman–Crippen LogP) is 1.98. The van der Waals surface area contributed by atoms with E-state index < -0.39 is 46.5 Å². The first kappa shape index (κ1) is 35.6. The highest BCUT2D eigenvalue weighted by atomic mass is 35.5. The van der Waals surface area contributed by atoms with Crippen molar-refractivity contribution in [1.82, 2.24) is 16.0 Å². The number of carbonyl (C=O) groups is 4. The number of amides is 4. The van der Waals surface area contributed by atoms with Crippen molar-refractivity contribution in [3.05, 3.63) is 108 Å². The van der Waals surface area contributed by atoms with Gasteiger partial charge in [-0.05, 0) is 42.5 Å². The maximum atomic E-state index is 13.6. The number of hydrogen-bond donors (Lipinski definition) is 6. The Morgan fingerprint density at radius 3 is 1.69 bits per heavy atom. The normalized spacial score (nSPS) is 13.2. The first-order valence-electron chi connectivity index (χ1n) is 14.7. The third kappa shape index (κ3) is 10.1. The molecule has 3 atom stereocenters. The lowest BCUT2D eigenvalue weighted by Gasteiger charge is -2.36. The molecule has 45 heavy (non-hydrogen) atoms. The van der Waals surface area contributed by atoms with Crippen molar-refractivity contribution in [1.29, 1.82) is 0 Å². The Balaban J connectivity index is 1.87. The van der Waals surface area contributed by atoms with Gasteiger partial charge in [-0.1, -0.05) is 91.0 Å². The smallest absolute Gasteiger partial charge is 0.243 e. The van der Waals surface area contributed by atoms with Gasteiger partial charge in [0.25, 0.3) is 0 Å². The van der Waals surface area contributed by atoms with E-state index in [-0.39, 0.29) is 24.6 Å². The van der Waals surface area contributed by atoms with Crippen LogP contribution in [0.1, 0.15) is 36.0 Å². The molecule has 240 valence electrons. The highest BCUT2D eigenvalue weighted by Gasteiger charge is 2.38. The molecule has 4 amide bonds. The van der Waals surface area contributed by atoms with Crippen molar-refractivity contribution in [3.8, 4) is 0 Å². The fraction of sp³-hybridized carbons (Fsp3) is 0.333. The van der Waals surface area contributed by atoms with E-state index >= 15 is 0 Å². The molecular formula is C33H41ClN6O4S. The number of rotatable bonds is 18. The van der Waals surface area contributed by atoms with Crippen LogP contribution in [0.2, 0.25) is 0 Å². The Labute approximate surface area is 273 Å². The molecule has 10 nitrogen and oxygen atoms in total. The summed E-state index contributed by atoms with van der Waals surface area (Å²) in [5, 5.41) is 7.87. The zero-order chi connectivity index (χ0) is 32.7. The van der Waals surface area contributed by atoms with Crippen LogP contribution in [0.4, 0.5) is 0 Å². The highest BCUT2D eigenvalue weighted by molar-refractivity contribution is 8.00. The van der Waals surface area contributed by atoms with Crippen LogP contribution in [0.15, 0.2) is 91.0 Å². The van der Waals surface area contributed by atoms with Gasteiger partial charge in [0.1, 0.15) is 24.0 Å². The van der Waals surface area contributed by atoms with Crippen molar-refractivity contribution >= 4 is 47.0 Å². The van der Waals surface area contributed by atoms with Crippen LogP contribution < -0.4 is 33.2 Å². The fourth-order valence-corrected chi connectivity index (χ4v) is 6.52. The maximum Gasteiger partial charge on any atom is 0.243 e. The molecule has 0 saturated carbocycles. The van der Waals surface area contributed by atoms with Crippen LogP contribution in [0, 0.1) is 0 Å². The molecule has 0 aromatic heterocycles. The van der Waals surface area contributed by atoms with Crippen molar-refractivity contribution in [2.45, 2.75) is 42.1 Å². The number of halogens is 1. The van der Waals surface area contributed by atoms with Gasteiger partial charge in [0.2, 0.25) is 23.6 Å². The summed E-state index contributed by atoms with van der Waals surface area (Å²) in [7, 11) is 0. The molecule has 12 heteroatoms. The van der Waals surface area contributed by atoms with Gasteiger partial charge in [-0.25, -0.2) is 0 Å². The van der Waals surface area contributed by atoms with Gasteiger partial charge in [-0.2, -0.15) is 0 Å². The van der Waals surface area contributed by atoms with Gasteiger partial charge >= 0.3 is 0 Å². The quantitative estimate of drug-likeness (QED) is 0.0690. The van der Waals surface area contributed by atoms with Crippen LogP contribution in [-0.4, -0.2) is 66.5 Å². The van der Waals surface area contributed by atoms with E-state index in [1.54, 1.807) is 0 Å². The van der Waals surface area contributed by atoms with E-state index in [0.717, 1.165) is 16.7 Å². The zero-order valence-corrected chi connectivity index (χ0v) is 26.6. The van der Waals surface area contributed by atoms with E-state index in [2.05, 4.69) is 16.0 Å². The number of unbranched alkanes of at least 4 members (excludes halogenated alkanes) is 1. The number of benzene rings is 3. The van der Waals surface area contributed by atoms with E-state index in [1.807, 2.05) is 91.0 Å². The Bertz CT molecular complexity index is 1290. The van der Waals surface area contributed by atoms with Crippen LogP contribution >= 0.6 is 23.4 Å². The van der Waals surface area contributed by atoms with Crippen LogP contribution in [0.3, 0.4) is 0 Å². The first-order chi connectivity index (χ1) is 21.7. The van der Waals surface area contributed by atoms with Crippen LogP contribution in [0.25, 0.3) is 0 Å². The average Bonchev–Trinajstić information content (AvgIpc) is 3.07. The molecule has 0 saturated heterocycles. The molecule has 9 N–H and O–H groups in total. The first-order valence-corrected chi connectivity index (χ1v) is 16.2. The van der Waals surface area contributed by atoms with Crippen molar-refractivity contribution in [2.24, 2.45) is 17.2 Å². The lowest BCUT2D eigenvalue weighted by atomic mass is 9.84. The molecule has 3 aromatic carbocycles. The predicted molar refractivity (Wildman–Crippen MR) is 179 cm³/mol. The van der Waals surface area contributed by atoms with E-state index in [9.17, 15) is 19.2 Å². The number of hydrogen-bond acceptors (Lipinski definition) is 7. The third-order valence-electron chi connectivity index (χ3n) is 7.22. The van der Waals surface area contributed by atoms with Gasteiger partial charge in [-0.15, -0.1) is 23.4 Å². The molecule has 0 aliphatic heterocycles. The van der Waals surface area contributed by atoms with Gasteiger partial charge < -0.3 is 33.2 Å². The SMILES string of the molecule is NCCCC[C@H](NC(=O)[C@@H](N)CNC(=O)CCl)C(=O)N[C@@H](CSC(c1ccccc1)(c1ccccc1)c1ccccc1)C(N)=O. The Morgan fingerprint density at radius 1 is 0.756 bits per heavy atom. The van der Waals surface area contributed by atoms with Gasteiger partial charge in [0.05, 0.1) is 4.75 Å². The molecule has 3 rings (SSSR count). The number of nitrogens with two attached hydrogens (primary N) is 3. The zero-order valence-electron chi connectivity index (χ0n) is 25.0. The second-order valence-electron chi connectivity index (χ2n) is 10.4. The highest BCUT2D eigenvalue weighted by Crippen LogP contribution is 2.48. The molecule has 0 unspecified atom stereocenters. The number of nitrogens with one attached hydrogen (secondary N) is 3. The molecule has 0 aliphatic carbocycles. The summed E-state index contributed by atoms with van der Waals surface area (Å²) in [4.78, 5) is 50.6. The molecule has 3 aromatic rings. The molecule has 0 fully saturated rings. The van der Waals surface area contributed by atoms with Gasteiger partial charge in [0, 0.05) is 12.3 Å². The number of thioether (sulfide) groups is 1. The van der Waals surface area contributed by atoms with Crippen molar-refractivity contribution in [2.75, 3.05) is 24.7 Å². The maximum absolute atomic E-state index is 13.6. The minimum atomic E-state index is -1.12. The number of primary amides is 1. The Kier molecular flexibility index (Phi) is 14.4.